The van der Waals surface area contributed by atoms with Crippen LogP contribution in [0.4, 0.5) is 0 Å². The van der Waals surface area contributed by atoms with E-state index in [-0.39, 0.29) is 17.4 Å². The number of nitrogens with one attached hydrogen (secondary N) is 1. The van der Waals surface area contributed by atoms with E-state index in [1.165, 1.54) is 0 Å². The largest absolute Gasteiger partial charge is 0.479 e. The predicted octanol–water partition coefficient (Wildman–Crippen LogP) is 0.533. The summed E-state index contributed by atoms with van der Waals surface area (Å²) in [5, 5.41) is 11.6. The number of carboxylic acid groups (broad SMARTS) is 1. The van der Waals surface area contributed by atoms with Gasteiger partial charge >= 0.3 is 5.97 Å². The molecule has 16 heavy (non-hydrogen) atoms. The fraction of sp³-hybridized carbons (Fsp3) is 0.818. The third kappa shape index (κ3) is 2.19. The molecule has 1 aliphatic carbocycles. The number of hydrogen-bond donors (Lipinski definition) is 2. The van der Waals surface area contributed by atoms with E-state index < -0.39 is 18.2 Å². The van der Waals surface area contributed by atoms with Gasteiger partial charge in [-0.2, -0.15) is 0 Å². The highest BCUT2D eigenvalue weighted by Gasteiger charge is 2.48. The lowest BCUT2D eigenvalue weighted by Gasteiger charge is -2.12. The van der Waals surface area contributed by atoms with Crippen molar-refractivity contribution in [1.29, 1.82) is 0 Å². The first kappa shape index (κ1) is 11.4. The zero-order chi connectivity index (χ0) is 11.9. The van der Waals surface area contributed by atoms with E-state index in [4.69, 9.17) is 9.84 Å². The molecule has 90 valence electrons. The first-order valence-corrected chi connectivity index (χ1v) is 5.59. The second kappa shape index (κ2) is 3.73. The number of aliphatic carboxylic acids is 1. The molecular weight excluding hydrogens is 210 g/mol. The summed E-state index contributed by atoms with van der Waals surface area (Å²) in [5.74, 6) is -1.15. The van der Waals surface area contributed by atoms with Crippen LogP contribution < -0.4 is 5.32 Å². The molecule has 1 saturated carbocycles. The quantitative estimate of drug-likeness (QED) is 0.737. The summed E-state index contributed by atoms with van der Waals surface area (Å²) < 4.78 is 5.17. The summed E-state index contributed by atoms with van der Waals surface area (Å²) in [6.07, 6.45) is 0.492. The number of ether oxygens (including phenoxy) is 1. The fourth-order valence-electron chi connectivity index (χ4n) is 1.99. The Morgan fingerprint density at radius 3 is 2.31 bits per heavy atom. The zero-order valence-corrected chi connectivity index (χ0v) is 9.53. The molecule has 2 N–H and O–H groups in total. The average Bonchev–Trinajstić information content (AvgIpc) is 2.68. The highest BCUT2D eigenvalue weighted by atomic mass is 16.5. The lowest BCUT2D eigenvalue weighted by atomic mass is 10.1. The molecule has 0 bridgehead atoms. The molecular formula is C11H17NO4. The van der Waals surface area contributed by atoms with Gasteiger partial charge in [-0.15, -0.1) is 0 Å². The first-order valence-electron chi connectivity index (χ1n) is 5.59. The van der Waals surface area contributed by atoms with Crippen LogP contribution in [0.3, 0.4) is 0 Å². The molecule has 0 aromatic heterocycles. The highest BCUT2D eigenvalue weighted by Crippen LogP contribution is 2.44. The van der Waals surface area contributed by atoms with Crippen LogP contribution in [0.15, 0.2) is 0 Å². The maximum Gasteiger partial charge on any atom is 0.332 e. The van der Waals surface area contributed by atoms with Gasteiger partial charge in [-0.25, -0.2) is 4.79 Å². The summed E-state index contributed by atoms with van der Waals surface area (Å²) in [7, 11) is 0. The maximum absolute atomic E-state index is 11.7. The monoisotopic (exact) mass is 227 g/mol. The van der Waals surface area contributed by atoms with Crippen LogP contribution >= 0.6 is 0 Å². The lowest BCUT2D eigenvalue weighted by molar-refractivity contribution is -0.151. The molecule has 1 aliphatic heterocycles. The van der Waals surface area contributed by atoms with Crippen molar-refractivity contribution < 1.29 is 19.4 Å². The summed E-state index contributed by atoms with van der Waals surface area (Å²) in [6, 6.07) is 0.215. The topological polar surface area (TPSA) is 75.6 Å². The summed E-state index contributed by atoms with van der Waals surface area (Å²) >= 11 is 0. The van der Waals surface area contributed by atoms with Crippen molar-refractivity contribution in [3.63, 3.8) is 0 Å². The van der Waals surface area contributed by atoms with Crippen LogP contribution in [0.25, 0.3) is 0 Å². The van der Waals surface area contributed by atoms with Crippen LogP contribution in [-0.2, 0) is 14.3 Å². The molecule has 2 aliphatic rings. The normalized spacial score (nSPS) is 35.8. The number of rotatable bonds is 3. The van der Waals surface area contributed by atoms with E-state index in [1.807, 2.05) is 0 Å². The second-order valence-electron chi connectivity index (χ2n) is 5.28. The fourth-order valence-corrected chi connectivity index (χ4v) is 1.99. The Kier molecular flexibility index (Phi) is 2.66. The SMILES string of the molecule is CC1(C)CC1NC(=O)[C@@H]1CC[C@H](C(=O)O)O1. The lowest BCUT2D eigenvalue weighted by Crippen LogP contribution is -2.38. The molecule has 5 nitrogen and oxygen atoms in total. The van der Waals surface area contributed by atoms with Crippen LogP contribution in [0, 0.1) is 5.41 Å². The third-order valence-electron chi connectivity index (χ3n) is 3.42. The van der Waals surface area contributed by atoms with Gasteiger partial charge in [0.2, 0.25) is 5.91 Å². The van der Waals surface area contributed by atoms with Gasteiger partial charge in [0.1, 0.15) is 6.10 Å². The minimum atomic E-state index is -0.984. The molecule has 3 atom stereocenters. The van der Waals surface area contributed by atoms with Crippen molar-refractivity contribution in [3.05, 3.63) is 0 Å². The van der Waals surface area contributed by atoms with E-state index in [1.54, 1.807) is 0 Å². The van der Waals surface area contributed by atoms with Crippen molar-refractivity contribution >= 4 is 11.9 Å². The van der Waals surface area contributed by atoms with E-state index in [0.29, 0.717) is 12.8 Å². The Morgan fingerprint density at radius 2 is 1.88 bits per heavy atom. The number of carboxylic acids is 1. The Hall–Kier alpha value is -1.10. The smallest absolute Gasteiger partial charge is 0.332 e. The van der Waals surface area contributed by atoms with Gasteiger partial charge < -0.3 is 15.2 Å². The molecule has 0 aromatic rings. The van der Waals surface area contributed by atoms with E-state index in [0.717, 1.165) is 6.42 Å². The molecule has 1 amide bonds. The van der Waals surface area contributed by atoms with Crippen LogP contribution in [0.2, 0.25) is 0 Å². The van der Waals surface area contributed by atoms with Crippen LogP contribution in [0.1, 0.15) is 33.1 Å². The van der Waals surface area contributed by atoms with E-state index >= 15 is 0 Å². The van der Waals surface area contributed by atoms with Gasteiger partial charge in [0.05, 0.1) is 0 Å². The third-order valence-corrected chi connectivity index (χ3v) is 3.42. The molecule has 2 rings (SSSR count). The zero-order valence-electron chi connectivity index (χ0n) is 9.53. The van der Waals surface area contributed by atoms with Crippen molar-refractivity contribution in [3.8, 4) is 0 Å². The predicted molar refractivity (Wildman–Crippen MR) is 55.9 cm³/mol. The van der Waals surface area contributed by atoms with Gasteiger partial charge in [-0.1, -0.05) is 13.8 Å². The van der Waals surface area contributed by atoms with Crippen LogP contribution in [0.5, 0.6) is 0 Å². The Balaban J connectivity index is 1.81. The Labute approximate surface area is 94.2 Å². The molecule has 1 unspecified atom stereocenters. The Morgan fingerprint density at radius 1 is 1.31 bits per heavy atom. The van der Waals surface area contributed by atoms with E-state index in [9.17, 15) is 9.59 Å². The van der Waals surface area contributed by atoms with E-state index in [2.05, 4.69) is 19.2 Å². The molecule has 2 fully saturated rings. The van der Waals surface area contributed by atoms with Crippen molar-refractivity contribution in [1.82, 2.24) is 5.32 Å². The van der Waals surface area contributed by atoms with Gasteiger partial charge in [0.25, 0.3) is 0 Å². The summed E-state index contributed by atoms with van der Waals surface area (Å²) in [6.45, 7) is 4.18. The number of amides is 1. The summed E-state index contributed by atoms with van der Waals surface area (Å²) in [5.41, 5.74) is 0.181. The number of hydrogen-bond acceptors (Lipinski definition) is 3. The van der Waals surface area contributed by atoms with Gasteiger partial charge in [-0.05, 0) is 24.7 Å². The van der Waals surface area contributed by atoms with Gasteiger partial charge in [0, 0.05) is 6.04 Å². The molecule has 5 heteroatoms. The number of carbonyl (C=O) groups is 2. The van der Waals surface area contributed by atoms with Crippen molar-refractivity contribution in [2.75, 3.05) is 0 Å². The molecule has 0 aromatic carbocycles. The second-order valence-corrected chi connectivity index (χ2v) is 5.28. The minimum Gasteiger partial charge on any atom is -0.479 e. The Bertz CT molecular complexity index is 326. The highest BCUT2D eigenvalue weighted by molar-refractivity contribution is 5.83. The van der Waals surface area contributed by atoms with Crippen molar-refractivity contribution in [2.24, 2.45) is 5.41 Å². The number of carbonyl (C=O) groups excluding carboxylic acids is 1. The molecule has 1 heterocycles. The minimum absolute atomic E-state index is 0.167. The van der Waals surface area contributed by atoms with Gasteiger partial charge in [-0.3, -0.25) is 4.79 Å². The molecule has 0 radical (unpaired) electrons. The van der Waals surface area contributed by atoms with Crippen LogP contribution in [-0.4, -0.2) is 35.2 Å². The molecule has 0 spiro atoms. The summed E-state index contributed by atoms with van der Waals surface area (Å²) in [4.78, 5) is 22.4. The van der Waals surface area contributed by atoms with Gasteiger partial charge in [0.15, 0.2) is 6.10 Å². The first-order chi connectivity index (χ1) is 7.40. The molecule has 1 saturated heterocycles. The maximum atomic E-state index is 11.7. The average molecular weight is 227 g/mol. The van der Waals surface area contributed by atoms with Crippen molar-refractivity contribution in [2.45, 2.75) is 51.4 Å². The standard InChI is InChI=1S/C11H17NO4/c1-11(2)5-8(11)12-9(13)6-3-4-7(16-6)10(14)15/h6-8H,3-5H2,1-2H3,(H,12,13)(H,14,15)/t6-,7+,8?/m0/s1.